The normalized spacial score (nSPS) is 14.4. The maximum atomic E-state index is 5.95. The molecular formula is C18H24N2O. The number of benzene rings is 1. The van der Waals surface area contributed by atoms with Crippen LogP contribution in [-0.2, 0) is 13.1 Å². The largest absolute Gasteiger partial charge is 0.463 e. The van der Waals surface area contributed by atoms with Crippen LogP contribution in [0.15, 0.2) is 40.8 Å². The molecule has 0 radical (unpaired) electrons. The Morgan fingerprint density at radius 2 is 1.90 bits per heavy atom. The lowest BCUT2D eigenvalue weighted by Gasteiger charge is -2.23. The Kier molecular flexibility index (Phi) is 4.30. The highest BCUT2D eigenvalue weighted by Crippen LogP contribution is 2.23. The van der Waals surface area contributed by atoms with Gasteiger partial charge in [0.15, 0.2) is 0 Å². The molecule has 21 heavy (non-hydrogen) atoms. The molecule has 1 N–H and O–H groups in total. The molecule has 3 nitrogen and oxygen atoms in total. The van der Waals surface area contributed by atoms with Gasteiger partial charge >= 0.3 is 0 Å². The van der Waals surface area contributed by atoms with Crippen molar-refractivity contribution >= 4 is 5.69 Å². The van der Waals surface area contributed by atoms with Gasteiger partial charge < -0.3 is 14.6 Å². The molecule has 0 spiro atoms. The molecule has 0 aliphatic heterocycles. The number of rotatable bonds is 7. The fourth-order valence-corrected chi connectivity index (χ4v) is 2.61. The van der Waals surface area contributed by atoms with Gasteiger partial charge in [-0.3, -0.25) is 0 Å². The highest BCUT2D eigenvalue weighted by atomic mass is 16.3. The fourth-order valence-electron chi connectivity index (χ4n) is 2.61. The van der Waals surface area contributed by atoms with Gasteiger partial charge in [-0.05, 0) is 50.5 Å². The third kappa shape index (κ3) is 3.67. The predicted molar refractivity (Wildman–Crippen MR) is 86.5 cm³/mol. The van der Waals surface area contributed by atoms with Crippen LogP contribution >= 0.6 is 0 Å². The molecule has 1 aliphatic carbocycles. The van der Waals surface area contributed by atoms with Crippen molar-refractivity contribution in [1.82, 2.24) is 5.32 Å². The zero-order valence-electron chi connectivity index (χ0n) is 12.9. The van der Waals surface area contributed by atoms with Crippen LogP contribution in [0.4, 0.5) is 5.69 Å². The van der Waals surface area contributed by atoms with Crippen molar-refractivity contribution in [3.8, 4) is 0 Å². The quantitative estimate of drug-likeness (QED) is 0.836. The minimum atomic E-state index is 0.720. The molecule has 1 aromatic heterocycles. The van der Waals surface area contributed by atoms with Crippen molar-refractivity contribution < 1.29 is 4.42 Å². The highest BCUT2D eigenvalue weighted by Gasteiger charge is 2.20. The predicted octanol–water partition coefficient (Wildman–Crippen LogP) is 3.87. The van der Waals surface area contributed by atoms with Crippen molar-refractivity contribution in [2.75, 3.05) is 11.4 Å². The number of furan rings is 1. The van der Waals surface area contributed by atoms with E-state index in [-0.39, 0.29) is 0 Å². The monoisotopic (exact) mass is 284 g/mol. The maximum absolute atomic E-state index is 5.95. The van der Waals surface area contributed by atoms with Gasteiger partial charge in [-0.25, -0.2) is 0 Å². The molecule has 0 saturated heterocycles. The molecule has 112 valence electrons. The van der Waals surface area contributed by atoms with Gasteiger partial charge in [0.25, 0.3) is 0 Å². The zero-order chi connectivity index (χ0) is 14.7. The number of anilines is 1. The number of para-hydroxylation sites is 1. The third-order valence-electron chi connectivity index (χ3n) is 4.04. The van der Waals surface area contributed by atoms with Crippen molar-refractivity contribution in [2.24, 2.45) is 0 Å². The van der Waals surface area contributed by atoms with E-state index in [9.17, 15) is 0 Å². The van der Waals surface area contributed by atoms with Gasteiger partial charge in [0.2, 0.25) is 0 Å². The Bertz CT molecular complexity index is 586. The van der Waals surface area contributed by atoms with Crippen LogP contribution in [0.2, 0.25) is 0 Å². The lowest BCUT2D eigenvalue weighted by molar-refractivity contribution is 0.443. The van der Waals surface area contributed by atoms with Crippen LogP contribution in [0.25, 0.3) is 0 Å². The van der Waals surface area contributed by atoms with Gasteiger partial charge in [0, 0.05) is 18.3 Å². The molecule has 1 fully saturated rings. The Morgan fingerprint density at radius 3 is 2.62 bits per heavy atom. The summed E-state index contributed by atoms with van der Waals surface area (Å²) in [5.74, 6) is 2.07. The van der Waals surface area contributed by atoms with Crippen LogP contribution < -0.4 is 10.2 Å². The van der Waals surface area contributed by atoms with Crippen molar-refractivity contribution in [3.63, 3.8) is 0 Å². The molecule has 2 aromatic rings. The first-order chi connectivity index (χ1) is 10.3. The van der Waals surface area contributed by atoms with Crippen LogP contribution in [0, 0.1) is 6.92 Å². The van der Waals surface area contributed by atoms with E-state index in [1.165, 1.54) is 24.1 Å². The number of nitrogens with zero attached hydrogens (tertiary/aromatic N) is 1. The lowest BCUT2D eigenvalue weighted by Crippen LogP contribution is -2.22. The van der Waals surface area contributed by atoms with Crippen LogP contribution in [-0.4, -0.2) is 12.6 Å². The summed E-state index contributed by atoms with van der Waals surface area (Å²) in [4.78, 5) is 2.35. The Balaban J connectivity index is 1.64. The minimum Gasteiger partial charge on any atom is -0.463 e. The van der Waals surface area contributed by atoms with Gasteiger partial charge in [-0.15, -0.1) is 0 Å². The van der Waals surface area contributed by atoms with Crippen molar-refractivity contribution in [2.45, 2.75) is 45.8 Å². The second kappa shape index (κ2) is 6.35. The second-order valence-corrected chi connectivity index (χ2v) is 5.82. The maximum Gasteiger partial charge on any atom is 0.123 e. The smallest absolute Gasteiger partial charge is 0.123 e. The number of nitrogens with one attached hydrogen (secondary N) is 1. The van der Waals surface area contributed by atoms with Gasteiger partial charge in [-0.1, -0.05) is 18.2 Å². The first kappa shape index (κ1) is 14.2. The average Bonchev–Trinajstić information content (AvgIpc) is 3.22. The summed E-state index contributed by atoms with van der Waals surface area (Å²) in [6.07, 6.45) is 2.62. The molecule has 0 bridgehead atoms. The highest BCUT2D eigenvalue weighted by molar-refractivity contribution is 5.52. The van der Waals surface area contributed by atoms with Gasteiger partial charge in [0.05, 0.1) is 13.1 Å². The van der Waals surface area contributed by atoms with Crippen LogP contribution in [0.3, 0.4) is 0 Å². The molecule has 3 rings (SSSR count). The summed E-state index contributed by atoms with van der Waals surface area (Å²) in [7, 11) is 0. The first-order valence-electron chi connectivity index (χ1n) is 7.88. The standard InChI is InChI=1S/C18H24N2O/c1-3-20(18-7-5-4-6-14(18)2)13-17-11-10-16(21-17)12-19-15-8-9-15/h4-7,10-11,15,19H,3,8-9,12-13H2,1-2H3. The third-order valence-corrected chi connectivity index (χ3v) is 4.04. The zero-order valence-corrected chi connectivity index (χ0v) is 12.9. The van der Waals surface area contributed by atoms with Gasteiger partial charge in [0.1, 0.15) is 11.5 Å². The number of aryl methyl sites for hydroxylation is 1. The second-order valence-electron chi connectivity index (χ2n) is 5.82. The average molecular weight is 284 g/mol. The summed E-state index contributed by atoms with van der Waals surface area (Å²) in [5, 5.41) is 3.49. The topological polar surface area (TPSA) is 28.4 Å². The fraction of sp³-hybridized carbons (Fsp3) is 0.444. The molecule has 3 heteroatoms. The summed E-state index contributed by atoms with van der Waals surface area (Å²) in [5.41, 5.74) is 2.59. The number of hydrogen-bond acceptors (Lipinski definition) is 3. The van der Waals surface area contributed by atoms with E-state index in [1.54, 1.807) is 0 Å². The minimum absolute atomic E-state index is 0.720. The van der Waals surface area contributed by atoms with Crippen molar-refractivity contribution in [3.05, 3.63) is 53.5 Å². The molecule has 1 aromatic carbocycles. The molecule has 1 saturated carbocycles. The van der Waals surface area contributed by atoms with E-state index in [2.05, 4.69) is 60.5 Å². The molecule has 0 amide bonds. The molecular weight excluding hydrogens is 260 g/mol. The Hall–Kier alpha value is -1.74. The van der Waals surface area contributed by atoms with E-state index >= 15 is 0 Å². The van der Waals surface area contributed by atoms with E-state index in [0.29, 0.717) is 0 Å². The lowest BCUT2D eigenvalue weighted by atomic mass is 10.2. The summed E-state index contributed by atoms with van der Waals surface area (Å²) in [6, 6.07) is 13.4. The Morgan fingerprint density at radius 1 is 1.14 bits per heavy atom. The Labute approximate surface area is 127 Å². The summed E-state index contributed by atoms with van der Waals surface area (Å²) in [6.45, 7) is 6.99. The van der Waals surface area contributed by atoms with Crippen LogP contribution in [0.1, 0.15) is 36.8 Å². The summed E-state index contributed by atoms with van der Waals surface area (Å²) < 4.78 is 5.95. The summed E-state index contributed by atoms with van der Waals surface area (Å²) >= 11 is 0. The SMILES string of the molecule is CCN(Cc1ccc(CNC2CC2)o1)c1ccccc1C. The van der Waals surface area contributed by atoms with Gasteiger partial charge in [-0.2, -0.15) is 0 Å². The van der Waals surface area contributed by atoms with E-state index in [1.807, 2.05) is 0 Å². The molecule has 0 atom stereocenters. The molecule has 1 heterocycles. The molecule has 0 unspecified atom stereocenters. The van der Waals surface area contributed by atoms with E-state index in [0.717, 1.165) is 37.2 Å². The van der Waals surface area contributed by atoms with E-state index < -0.39 is 0 Å². The van der Waals surface area contributed by atoms with Crippen molar-refractivity contribution in [1.29, 1.82) is 0 Å². The molecule has 1 aliphatic rings. The van der Waals surface area contributed by atoms with E-state index in [4.69, 9.17) is 4.42 Å². The first-order valence-corrected chi connectivity index (χ1v) is 7.88. The number of hydrogen-bond donors (Lipinski definition) is 1. The van der Waals surface area contributed by atoms with Crippen LogP contribution in [0.5, 0.6) is 0 Å².